The van der Waals surface area contributed by atoms with Crippen LogP contribution in [0.15, 0.2) is 53.1 Å². The highest BCUT2D eigenvalue weighted by molar-refractivity contribution is 9.10. The molecule has 4 rings (SSSR count). The summed E-state index contributed by atoms with van der Waals surface area (Å²) in [5, 5.41) is 1.85. The van der Waals surface area contributed by atoms with E-state index in [1.165, 1.54) is 0 Å². The molecule has 2 heterocycles. The molecule has 4 nitrogen and oxygen atoms in total. The molecule has 0 saturated carbocycles. The maximum atomic E-state index is 5.93. The van der Waals surface area contributed by atoms with Crippen LogP contribution in [-0.4, -0.2) is 47.4 Å². The molecule has 1 saturated heterocycles. The van der Waals surface area contributed by atoms with Crippen molar-refractivity contribution in [2.45, 2.75) is 6.54 Å². The second-order valence-corrected chi connectivity index (χ2v) is 8.34. The predicted molar refractivity (Wildman–Crippen MR) is 121 cm³/mol. The van der Waals surface area contributed by atoms with Crippen molar-refractivity contribution in [3.8, 4) is 5.75 Å². The molecular weight excluding hydrogens is 460 g/mol. The Balaban J connectivity index is 1.56. The van der Waals surface area contributed by atoms with Crippen molar-refractivity contribution < 1.29 is 9.47 Å². The van der Waals surface area contributed by atoms with Gasteiger partial charge in [-0.05, 0) is 42.5 Å². The van der Waals surface area contributed by atoms with Crippen LogP contribution in [0.2, 0.25) is 5.02 Å². The number of benzene rings is 2. The van der Waals surface area contributed by atoms with E-state index in [4.69, 9.17) is 33.3 Å². The number of thiocarbonyl (C=S) groups is 1. The zero-order chi connectivity index (χ0) is 19.5. The van der Waals surface area contributed by atoms with Crippen molar-refractivity contribution in [2.75, 3.05) is 32.9 Å². The van der Waals surface area contributed by atoms with Gasteiger partial charge in [0.05, 0.1) is 19.8 Å². The third-order valence-electron chi connectivity index (χ3n) is 4.79. The minimum Gasteiger partial charge on any atom is -0.492 e. The van der Waals surface area contributed by atoms with Crippen LogP contribution < -0.4 is 4.74 Å². The number of halogens is 2. The summed E-state index contributed by atoms with van der Waals surface area (Å²) in [4.78, 5) is 3.10. The molecule has 7 heteroatoms. The molecule has 3 aromatic rings. The summed E-state index contributed by atoms with van der Waals surface area (Å²) in [6.07, 6.45) is 2.14. The van der Waals surface area contributed by atoms with Crippen LogP contribution in [0.1, 0.15) is 5.56 Å². The van der Waals surface area contributed by atoms with Crippen molar-refractivity contribution in [3.63, 3.8) is 0 Å². The lowest BCUT2D eigenvalue weighted by Gasteiger charge is -2.29. The molecule has 0 spiro atoms. The first kappa shape index (κ1) is 19.7. The maximum Gasteiger partial charge on any atom is 0.119 e. The minimum atomic E-state index is 0.561. The average molecular weight is 480 g/mol. The van der Waals surface area contributed by atoms with E-state index >= 15 is 0 Å². The number of aromatic nitrogens is 1. The summed E-state index contributed by atoms with van der Waals surface area (Å²) in [5.74, 6) is 0.813. The predicted octanol–water partition coefficient (Wildman–Crippen LogP) is 5.14. The summed E-state index contributed by atoms with van der Waals surface area (Å²) < 4.78 is 14.6. The average Bonchev–Trinajstić information content (AvgIpc) is 3.07. The molecule has 1 aliphatic heterocycles. The third kappa shape index (κ3) is 4.35. The topological polar surface area (TPSA) is 26.6 Å². The summed E-state index contributed by atoms with van der Waals surface area (Å²) in [6, 6.07) is 13.7. The van der Waals surface area contributed by atoms with Crippen molar-refractivity contribution in [1.29, 1.82) is 0 Å². The van der Waals surface area contributed by atoms with Crippen LogP contribution >= 0.6 is 39.7 Å². The zero-order valence-corrected chi connectivity index (χ0v) is 18.4. The molecule has 0 atom stereocenters. The molecule has 28 heavy (non-hydrogen) atoms. The lowest BCUT2D eigenvalue weighted by atomic mass is 10.1. The minimum absolute atomic E-state index is 0.561. The van der Waals surface area contributed by atoms with E-state index in [-0.39, 0.29) is 0 Å². The van der Waals surface area contributed by atoms with Crippen LogP contribution in [0.3, 0.4) is 0 Å². The van der Waals surface area contributed by atoms with Gasteiger partial charge in [-0.2, -0.15) is 0 Å². The number of fused-ring (bicyclic) bond motifs is 1. The van der Waals surface area contributed by atoms with Gasteiger partial charge in [0.1, 0.15) is 17.3 Å². The molecule has 0 amide bonds. The molecule has 146 valence electrons. The highest BCUT2D eigenvalue weighted by atomic mass is 79.9. The number of hydrogen-bond acceptors (Lipinski definition) is 3. The largest absolute Gasteiger partial charge is 0.492 e. The van der Waals surface area contributed by atoms with Gasteiger partial charge in [-0.3, -0.25) is 0 Å². The van der Waals surface area contributed by atoms with Gasteiger partial charge in [0, 0.05) is 45.2 Å². The van der Waals surface area contributed by atoms with Gasteiger partial charge < -0.3 is 18.9 Å². The third-order valence-corrected chi connectivity index (χ3v) is 6.01. The van der Waals surface area contributed by atoms with E-state index in [1.807, 2.05) is 24.3 Å². The van der Waals surface area contributed by atoms with Crippen LogP contribution in [0.4, 0.5) is 0 Å². The zero-order valence-electron chi connectivity index (χ0n) is 15.2. The van der Waals surface area contributed by atoms with Crippen LogP contribution in [0, 0.1) is 0 Å². The Kier molecular flexibility index (Phi) is 6.21. The van der Waals surface area contributed by atoms with E-state index in [2.05, 4.69) is 49.8 Å². The molecule has 0 bridgehead atoms. The first-order valence-electron chi connectivity index (χ1n) is 9.15. The molecule has 1 aliphatic rings. The summed E-state index contributed by atoms with van der Waals surface area (Å²) in [5.41, 5.74) is 2.23. The lowest BCUT2D eigenvalue weighted by molar-refractivity contribution is 0.0693. The molecule has 1 aromatic heterocycles. The number of ether oxygens (including phenoxy) is 2. The Morgan fingerprint density at radius 3 is 2.64 bits per heavy atom. The number of nitrogens with zero attached hydrogens (tertiary/aromatic N) is 2. The highest BCUT2D eigenvalue weighted by Gasteiger charge is 2.19. The van der Waals surface area contributed by atoms with Crippen molar-refractivity contribution >= 4 is 55.6 Å². The Labute approximate surface area is 183 Å². The van der Waals surface area contributed by atoms with Gasteiger partial charge >= 0.3 is 0 Å². The second kappa shape index (κ2) is 8.82. The first-order chi connectivity index (χ1) is 13.6. The Morgan fingerprint density at radius 2 is 1.89 bits per heavy atom. The fraction of sp³-hybridized carbons (Fsp3) is 0.286. The van der Waals surface area contributed by atoms with Gasteiger partial charge in [0.2, 0.25) is 0 Å². The van der Waals surface area contributed by atoms with E-state index < -0.39 is 0 Å². The normalized spacial score (nSPS) is 14.4. The van der Waals surface area contributed by atoms with Gasteiger partial charge in [-0.25, -0.2) is 0 Å². The molecule has 0 aliphatic carbocycles. The second-order valence-electron chi connectivity index (χ2n) is 6.60. The Bertz CT molecular complexity index is 984. The number of rotatable bonds is 5. The van der Waals surface area contributed by atoms with E-state index in [9.17, 15) is 0 Å². The molecule has 0 N–H and O–H groups in total. The van der Waals surface area contributed by atoms with Gasteiger partial charge in [0.15, 0.2) is 0 Å². The molecular formula is C21H20BrClN2O2S. The van der Waals surface area contributed by atoms with E-state index in [0.29, 0.717) is 11.6 Å². The monoisotopic (exact) mass is 478 g/mol. The smallest absolute Gasteiger partial charge is 0.119 e. The van der Waals surface area contributed by atoms with Gasteiger partial charge in [-0.1, -0.05) is 39.7 Å². The quantitative estimate of drug-likeness (QED) is 0.473. The fourth-order valence-electron chi connectivity index (χ4n) is 3.35. The highest BCUT2D eigenvalue weighted by Crippen LogP contribution is 2.27. The Morgan fingerprint density at radius 1 is 1.14 bits per heavy atom. The van der Waals surface area contributed by atoms with Crippen LogP contribution in [-0.2, 0) is 11.3 Å². The number of hydrogen-bond donors (Lipinski definition) is 0. The molecule has 0 unspecified atom stereocenters. The van der Waals surface area contributed by atoms with Crippen molar-refractivity contribution in [2.24, 2.45) is 0 Å². The van der Waals surface area contributed by atoms with Crippen LogP contribution in [0.25, 0.3) is 10.9 Å². The maximum absolute atomic E-state index is 5.93. The molecule has 2 aromatic carbocycles. The SMILES string of the molecule is S=C(c1cn(CCOc2ccc(Cl)cc2)c2ccc(Br)cc12)N1CCOCC1. The molecule has 0 radical (unpaired) electrons. The standard InChI is InChI=1S/C21H20BrClN2O2S/c22-15-1-6-20-18(13-15)19(21(28)24-7-10-26-11-8-24)14-25(20)9-12-27-17-4-2-16(23)3-5-17/h1-6,13-14H,7-12H2. The summed E-state index contributed by atoms with van der Waals surface area (Å²) in [6.45, 7) is 4.39. The fourth-order valence-corrected chi connectivity index (χ4v) is 4.19. The van der Waals surface area contributed by atoms with Crippen molar-refractivity contribution in [3.05, 3.63) is 63.7 Å². The first-order valence-corrected chi connectivity index (χ1v) is 10.7. The summed E-state index contributed by atoms with van der Waals surface area (Å²) >= 11 is 15.3. The van der Waals surface area contributed by atoms with Crippen LogP contribution in [0.5, 0.6) is 5.75 Å². The van der Waals surface area contributed by atoms with Gasteiger partial charge in [0.25, 0.3) is 0 Å². The Hall–Kier alpha value is -1.60. The van der Waals surface area contributed by atoms with E-state index in [0.717, 1.165) is 64.5 Å². The molecule has 1 fully saturated rings. The summed E-state index contributed by atoms with van der Waals surface area (Å²) in [7, 11) is 0. The van der Waals surface area contributed by atoms with Crippen molar-refractivity contribution in [1.82, 2.24) is 9.47 Å². The van der Waals surface area contributed by atoms with Gasteiger partial charge in [-0.15, -0.1) is 0 Å². The number of morpholine rings is 1. The lowest BCUT2D eigenvalue weighted by Crippen LogP contribution is -2.40. The van der Waals surface area contributed by atoms with E-state index in [1.54, 1.807) is 0 Å².